The summed E-state index contributed by atoms with van der Waals surface area (Å²) in [6, 6.07) is -0.144. The lowest BCUT2D eigenvalue weighted by Gasteiger charge is -2.20. The molecule has 1 atom stereocenters. The summed E-state index contributed by atoms with van der Waals surface area (Å²) in [5.41, 5.74) is 5.18. The van der Waals surface area contributed by atoms with Crippen LogP contribution in [0.15, 0.2) is 0 Å². The van der Waals surface area contributed by atoms with Crippen LogP contribution in [-0.4, -0.2) is 29.2 Å². The molecule has 0 aromatic rings. The number of carbonyl (C=O) groups excluding carboxylic acids is 1. The average Bonchev–Trinajstić information content (AvgIpc) is 1.96. The van der Waals surface area contributed by atoms with Gasteiger partial charge in [-0.2, -0.15) is 0 Å². The Morgan fingerprint density at radius 3 is 2.46 bits per heavy atom. The van der Waals surface area contributed by atoms with Crippen molar-refractivity contribution in [2.45, 2.75) is 45.2 Å². The van der Waals surface area contributed by atoms with Crippen molar-refractivity contribution in [3.63, 3.8) is 0 Å². The van der Waals surface area contributed by atoms with Crippen LogP contribution >= 0.6 is 0 Å². The SMILES string of the molecule is CC[C@H](CO)NC(=O)CC(C)(C)N. The first-order valence-corrected chi connectivity index (χ1v) is 4.58. The Labute approximate surface area is 79.5 Å². The first-order valence-electron chi connectivity index (χ1n) is 4.58. The van der Waals surface area contributed by atoms with Gasteiger partial charge in [0, 0.05) is 12.0 Å². The minimum absolute atomic E-state index is 0.0206. The summed E-state index contributed by atoms with van der Waals surface area (Å²) in [7, 11) is 0. The summed E-state index contributed by atoms with van der Waals surface area (Å²) in [6.07, 6.45) is 1.01. The molecule has 1 amide bonds. The Hall–Kier alpha value is -0.610. The van der Waals surface area contributed by atoms with Crippen molar-refractivity contribution >= 4 is 5.91 Å². The summed E-state index contributed by atoms with van der Waals surface area (Å²) in [5, 5.41) is 11.5. The van der Waals surface area contributed by atoms with Crippen LogP contribution in [0, 0.1) is 0 Å². The third-order valence-electron chi connectivity index (χ3n) is 1.69. The van der Waals surface area contributed by atoms with Gasteiger partial charge in [-0.25, -0.2) is 0 Å². The standard InChI is InChI=1S/C9H20N2O2/c1-4-7(6-12)11-8(13)5-9(2,3)10/h7,12H,4-6,10H2,1-3H3,(H,11,13)/t7-/m1/s1. The molecule has 0 aliphatic carbocycles. The minimum atomic E-state index is -0.488. The first kappa shape index (κ1) is 12.4. The van der Waals surface area contributed by atoms with Crippen LogP contribution in [-0.2, 0) is 4.79 Å². The maximum Gasteiger partial charge on any atom is 0.222 e. The van der Waals surface area contributed by atoms with E-state index in [1.165, 1.54) is 0 Å². The number of nitrogens with two attached hydrogens (primary N) is 1. The summed E-state index contributed by atoms with van der Waals surface area (Å²) >= 11 is 0. The summed E-state index contributed by atoms with van der Waals surface area (Å²) in [5.74, 6) is -0.103. The van der Waals surface area contributed by atoms with E-state index in [1.807, 2.05) is 6.92 Å². The fraction of sp³-hybridized carbons (Fsp3) is 0.889. The number of aliphatic hydroxyl groups excluding tert-OH is 1. The minimum Gasteiger partial charge on any atom is -0.394 e. The molecule has 0 unspecified atom stereocenters. The molecular weight excluding hydrogens is 168 g/mol. The van der Waals surface area contributed by atoms with E-state index < -0.39 is 5.54 Å². The predicted molar refractivity (Wildman–Crippen MR) is 52.2 cm³/mol. The van der Waals surface area contributed by atoms with Crippen LogP contribution in [0.3, 0.4) is 0 Å². The summed E-state index contributed by atoms with van der Waals surface area (Å²) in [4.78, 5) is 11.3. The van der Waals surface area contributed by atoms with Crippen LogP contribution in [0.2, 0.25) is 0 Å². The second kappa shape index (κ2) is 5.19. The highest BCUT2D eigenvalue weighted by Crippen LogP contribution is 2.03. The van der Waals surface area contributed by atoms with E-state index in [2.05, 4.69) is 5.32 Å². The molecule has 0 saturated heterocycles. The molecule has 0 spiro atoms. The van der Waals surface area contributed by atoms with Gasteiger partial charge < -0.3 is 16.2 Å². The van der Waals surface area contributed by atoms with E-state index in [1.54, 1.807) is 13.8 Å². The smallest absolute Gasteiger partial charge is 0.222 e. The van der Waals surface area contributed by atoms with Gasteiger partial charge in [0.15, 0.2) is 0 Å². The van der Waals surface area contributed by atoms with E-state index in [0.29, 0.717) is 0 Å². The van der Waals surface area contributed by atoms with Crippen molar-refractivity contribution in [2.75, 3.05) is 6.61 Å². The molecule has 4 heteroatoms. The largest absolute Gasteiger partial charge is 0.394 e. The van der Waals surface area contributed by atoms with Crippen molar-refractivity contribution in [2.24, 2.45) is 5.73 Å². The van der Waals surface area contributed by atoms with Crippen molar-refractivity contribution in [3.05, 3.63) is 0 Å². The fourth-order valence-electron chi connectivity index (χ4n) is 0.969. The zero-order chi connectivity index (χ0) is 10.5. The number of hydrogen-bond acceptors (Lipinski definition) is 3. The zero-order valence-corrected chi connectivity index (χ0v) is 8.63. The molecule has 4 nitrogen and oxygen atoms in total. The van der Waals surface area contributed by atoms with Crippen molar-refractivity contribution in [1.29, 1.82) is 0 Å². The molecule has 0 bridgehead atoms. The first-order chi connectivity index (χ1) is 5.89. The Bertz CT molecular complexity index is 159. The zero-order valence-electron chi connectivity index (χ0n) is 8.63. The molecule has 0 aromatic carbocycles. The van der Waals surface area contributed by atoms with Gasteiger partial charge in [0.25, 0.3) is 0 Å². The van der Waals surface area contributed by atoms with E-state index in [-0.39, 0.29) is 25.0 Å². The van der Waals surface area contributed by atoms with Gasteiger partial charge in [0.1, 0.15) is 0 Å². The molecule has 78 valence electrons. The third-order valence-corrected chi connectivity index (χ3v) is 1.69. The van der Waals surface area contributed by atoms with E-state index >= 15 is 0 Å². The van der Waals surface area contributed by atoms with Crippen LogP contribution in [0.25, 0.3) is 0 Å². The molecule has 0 aliphatic heterocycles. The van der Waals surface area contributed by atoms with E-state index in [9.17, 15) is 4.79 Å². The molecular formula is C9H20N2O2. The number of carbonyl (C=O) groups is 1. The van der Waals surface area contributed by atoms with Gasteiger partial charge >= 0.3 is 0 Å². The highest BCUT2D eigenvalue weighted by atomic mass is 16.3. The highest BCUT2D eigenvalue weighted by Gasteiger charge is 2.17. The molecule has 4 N–H and O–H groups in total. The lowest BCUT2D eigenvalue weighted by Crippen LogP contribution is -2.43. The number of amides is 1. The van der Waals surface area contributed by atoms with Gasteiger partial charge in [0.2, 0.25) is 5.91 Å². The Morgan fingerprint density at radius 2 is 2.15 bits per heavy atom. The quantitative estimate of drug-likeness (QED) is 0.568. The summed E-state index contributed by atoms with van der Waals surface area (Å²) in [6.45, 7) is 5.49. The van der Waals surface area contributed by atoms with E-state index in [0.717, 1.165) is 6.42 Å². The monoisotopic (exact) mass is 188 g/mol. The molecule has 0 fully saturated rings. The van der Waals surface area contributed by atoms with Crippen LogP contribution in [0.5, 0.6) is 0 Å². The normalized spacial score (nSPS) is 13.9. The van der Waals surface area contributed by atoms with Crippen LogP contribution < -0.4 is 11.1 Å². The van der Waals surface area contributed by atoms with Crippen LogP contribution in [0.1, 0.15) is 33.6 Å². The third kappa shape index (κ3) is 6.54. The molecule has 0 saturated carbocycles. The van der Waals surface area contributed by atoms with Crippen molar-refractivity contribution in [1.82, 2.24) is 5.32 Å². The number of aliphatic hydroxyl groups is 1. The fourth-order valence-corrected chi connectivity index (χ4v) is 0.969. The van der Waals surface area contributed by atoms with Crippen LogP contribution in [0.4, 0.5) is 0 Å². The lowest BCUT2D eigenvalue weighted by molar-refractivity contribution is -0.123. The Balaban J connectivity index is 3.86. The van der Waals surface area contributed by atoms with Gasteiger partial charge in [0.05, 0.1) is 12.6 Å². The second-order valence-electron chi connectivity index (χ2n) is 4.02. The van der Waals surface area contributed by atoms with Gasteiger partial charge in [-0.05, 0) is 20.3 Å². The van der Waals surface area contributed by atoms with Gasteiger partial charge in [-0.1, -0.05) is 6.92 Å². The number of rotatable bonds is 5. The van der Waals surface area contributed by atoms with E-state index in [4.69, 9.17) is 10.8 Å². The number of hydrogen-bond donors (Lipinski definition) is 3. The van der Waals surface area contributed by atoms with Crippen molar-refractivity contribution < 1.29 is 9.90 Å². The maximum absolute atomic E-state index is 11.3. The topological polar surface area (TPSA) is 75.3 Å². The van der Waals surface area contributed by atoms with Gasteiger partial charge in [-0.3, -0.25) is 4.79 Å². The maximum atomic E-state index is 11.3. The lowest BCUT2D eigenvalue weighted by atomic mass is 10.0. The molecule has 0 heterocycles. The molecule has 0 rings (SSSR count). The molecule has 0 aromatic heterocycles. The molecule has 13 heavy (non-hydrogen) atoms. The highest BCUT2D eigenvalue weighted by molar-refractivity contribution is 5.77. The molecule has 0 aliphatic rings. The summed E-state index contributed by atoms with van der Waals surface area (Å²) < 4.78 is 0. The van der Waals surface area contributed by atoms with Gasteiger partial charge in [-0.15, -0.1) is 0 Å². The Morgan fingerprint density at radius 1 is 1.62 bits per heavy atom. The predicted octanol–water partition coefficient (Wildman–Crippen LogP) is 0.000900. The molecule has 0 radical (unpaired) electrons. The average molecular weight is 188 g/mol. The number of nitrogens with one attached hydrogen (secondary N) is 1. The van der Waals surface area contributed by atoms with Crippen molar-refractivity contribution in [3.8, 4) is 0 Å². The Kier molecular flexibility index (Phi) is 4.95. The second-order valence-corrected chi connectivity index (χ2v) is 4.02.